The molecular formula is C35H66O11. The van der Waals surface area contributed by atoms with E-state index >= 15 is 0 Å². The molecule has 3 aliphatic heterocycles. The van der Waals surface area contributed by atoms with Crippen molar-refractivity contribution in [2.75, 3.05) is 46.2 Å². The smallest absolute Gasteiger partial charge is 0.187 e. The van der Waals surface area contributed by atoms with E-state index < -0.39 is 48.6 Å². The summed E-state index contributed by atoms with van der Waals surface area (Å²) in [5.74, 6) is -1.49. The van der Waals surface area contributed by atoms with E-state index in [2.05, 4.69) is 27.7 Å². The number of hydrogen-bond acceptors (Lipinski definition) is 11. The van der Waals surface area contributed by atoms with Crippen LogP contribution in [0.25, 0.3) is 0 Å². The molecule has 0 radical (unpaired) electrons. The molecule has 0 aromatic heterocycles. The van der Waals surface area contributed by atoms with Gasteiger partial charge in [-0.2, -0.15) is 0 Å². The first-order valence-corrected chi connectivity index (χ1v) is 18.1. The molecule has 3 heterocycles. The Morgan fingerprint density at radius 3 is 1.78 bits per heavy atom. The molecule has 3 unspecified atom stereocenters. The van der Waals surface area contributed by atoms with E-state index in [0.29, 0.717) is 39.6 Å². The molecule has 0 aromatic rings. The standard InChI is InChI=1S/C35H66O11/c1-10-14-18-36-22-28-29(37-19-15-11-2)30(38-20-16-12-3)31(39-21-17-13-4)33(43-28)40-23-26(27-24-41-34(6,7)45-27)42-32-25(5)44-35(8,9)46-32/h25-33H,10-24H2,1-9H3/t25-,26?,27+,28?,29+,30-,31?,32+,33-/m0/s1. The van der Waals surface area contributed by atoms with Gasteiger partial charge in [0.05, 0.1) is 19.8 Å². The zero-order chi connectivity index (χ0) is 33.6. The molecule has 0 aromatic carbocycles. The summed E-state index contributed by atoms with van der Waals surface area (Å²) in [6.45, 7) is 21.4. The lowest BCUT2D eigenvalue weighted by molar-refractivity contribution is -0.331. The van der Waals surface area contributed by atoms with Crippen LogP contribution in [0.4, 0.5) is 0 Å². The molecule has 0 N–H and O–H groups in total. The van der Waals surface area contributed by atoms with E-state index in [-0.39, 0.29) is 24.9 Å². The SMILES string of the molecule is CCCCOCC1O[C@H](OCC(O[C@@H]2OC(C)(C)O[C@H]2C)[C@H]2COC(C)(C)O2)C(OCCCC)[C@@H](OCCCC)[C@@H]1OCCCC. The summed E-state index contributed by atoms with van der Waals surface area (Å²) in [4.78, 5) is 0. The van der Waals surface area contributed by atoms with Gasteiger partial charge in [0.25, 0.3) is 0 Å². The fourth-order valence-electron chi connectivity index (χ4n) is 5.79. The lowest BCUT2D eigenvalue weighted by Crippen LogP contribution is -2.62. The average Bonchev–Trinajstić information content (AvgIpc) is 3.50. The van der Waals surface area contributed by atoms with E-state index in [9.17, 15) is 0 Å². The Balaban J connectivity index is 1.85. The van der Waals surface area contributed by atoms with Gasteiger partial charge in [0, 0.05) is 26.4 Å². The summed E-state index contributed by atoms with van der Waals surface area (Å²) < 4.78 is 69.8. The Morgan fingerprint density at radius 2 is 1.24 bits per heavy atom. The molecule has 3 saturated heterocycles. The Hall–Kier alpha value is -0.440. The molecule has 0 bridgehead atoms. The summed E-state index contributed by atoms with van der Waals surface area (Å²) in [6, 6.07) is 0. The molecule has 0 saturated carbocycles. The largest absolute Gasteiger partial charge is 0.379 e. The van der Waals surface area contributed by atoms with Gasteiger partial charge in [-0.3, -0.25) is 0 Å². The highest BCUT2D eigenvalue weighted by atomic mass is 16.8. The molecule has 0 amide bonds. The van der Waals surface area contributed by atoms with E-state index in [1.165, 1.54) is 0 Å². The minimum Gasteiger partial charge on any atom is -0.379 e. The van der Waals surface area contributed by atoms with Crippen LogP contribution in [-0.4, -0.2) is 113 Å². The van der Waals surface area contributed by atoms with E-state index in [0.717, 1.165) is 51.4 Å². The number of ether oxygens (including phenoxy) is 11. The predicted molar refractivity (Wildman–Crippen MR) is 174 cm³/mol. The molecule has 11 heteroatoms. The van der Waals surface area contributed by atoms with Crippen molar-refractivity contribution in [2.45, 2.75) is 181 Å². The molecule has 3 aliphatic rings. The Morgan fingerprint density at radius 1 is 0.652 bits per heavy atom. The molecule has 9 atom stereocenters. The first kappa shape index (κ1) is 40.0. The van der Waals surface area contributed by atoms with Crippen LogP contribution in [0.2, 0.25) is 0 Å². The highest BCUT2D eigenvalue weighted by Crippen LogP contribution is 2.34. The maximum absolute atomic E-state index is 6.71. The van der Waals surface area contributed by atoms with Gasteiger partial charge < -0.3 is 52.1 Å². The van der Waals surface area contributed by atoms with E-state index in [1.807, 2.05) is 34.6 Å². The zero-order valence-electron chi connectivity index (χ0n) is 30.3. The van der Waals surface area contributed by atoms with E-state index in [1.54, 1.807) is 0 Å². The second-order valence-corrected chi connectivity index (χ2v) is 13.6. The molecule has 3 fully saturated rings. The van der Waals surface area contributed by atoms with Gasteiger partial charge in [-0.15, -0.1) is 0 Å². The number of unbranched alkanes of at least 4 members (excludes halogenated alkanes) is 4. The third-order valence-electron chi connectivity index (χ3n) is 8.37. The fourth-order valence-corrected chi connectivity index (χ4v) is 5.79. The van der Waals surface area contributed by atoms with Crippen molar-refractivity contribution < 1.29 is 52.1 Å². The number of rotatable bonds is 23. The van der Waals surface area contributed by atoms with E-state index in [4.69, 9.17) is 52.1 Å². The van der Waals surface area contributed by atoms with Gasteiger partial charge in [-0.25, -0.2) is 0 Å². The third-order valence-corrected chi connectivity index (χ3v) is 8.37. The fraction of sp³-hybridized carbons (Fsp3) is 1.00. The first-order valence-electron chi connectivity index (χ1n) is 18.1. The van der Waals surface area contributed by atoms with Crippen LogP contribution in [0.5, 0.6) is 0 Å². The molecule has 272 valence electrons. The minimum atomic E-state index is -0.757. The highest BCUT2D eigenvalue weighted by Gasteiger charge is 2.50. The quantitative estimate of drug-likeness (QED) is 0.118. The van der Waals surface area contributed by atoms with Crippen LogP contribution in [0.15, 0.2) is 0 Å². The van der Waals surface area contributed by atoms with Gasteiger partial charge in [-0.05, 0) is 60.3 Å². The monoisotopic (exact) mass is 662 g/mol. The predicted octanol–water partition coefficient (Wildman–Crippen LogP) is 6.13. The van der Waals surface area contributed by atoms with Crippen molar-refractivity contribution in [1.82, 2.24) is 0 Å². The molecule has 3 rings (SSSR count). The molecule has 0 spiro atoms. The summed E-state index contributed by atoms with van der Waals surface area (Å²) in [7, 11) is 0. The second-order valence-electron chi connectivity index (χ2n) is 13.6. The van der Waals surface area contributed by atoms with Crippen molar-refractivity contribution in [3.63, 3.8) is 0 Å². The molecular weight excluding hydrogens is 596 g/mol. The lowest BCUT2D eigenvalue weighted by atomic mass is 9.98. The zero-order valence-corrected chi connectivity index (χ0v) is 30.3. The van der Waals surface area contributed by atoms with Crippen LogP contribution in [0, 0.1) is 0 Å². The molecule has 11 nitrogen and oxygen atoms in total. The van der Waals surface area contributed by atoms with Crippen LogP contribution in [0.3, 0.4) is 0 Å². The van der Waals surface area contributed by atoms with Gasteiger partial charge in [0.15, 0.2) is 24.2 Å². The van der Waals surface area contributed by atoms with Crippen molar-refractivity contribution in [2.24, 2.45) is 0 Å². The molecule has 0 aliphatic carbocycles. The summed E-state index contributed by atoms with van der Waals surface area (Å²) in [6.07, 6.45) is 3.72. The van der Waals surface area contributed by atoms with Gasteiger partial charge in [0.1, 0.15) is 42.7 Å². The van der Waals surface area contributed by atoms with Crippen LogP contribution >= 0.6 is 0 Å². The summed E-state index contributed by atoms with van der Waals surface area (Å²) in [5.41, 5.74) is 0. The van der Waals surface area contributed by atoms with Crippen molar-refractivity contribution in [3.8, 4) is 0 Å². The Bertz CT molecular complexity index is 811. The van der Waals surface area contributed by atoms with Crippen LogP contribution in [-0.2, 0) is 52.1 Å². The summed E-state index contributed by atoms with van der Waals surface area (Å²) >= 11 is 0. The second kappa shape index (κ2) is 20.3. The normalized spacial score (nSPS) is 33.1. The average molecular weight is 663 g/mol. The van der Waals surface area contributed by atoms with Crippen molar-refractivity contribution >= 4 is 0 Å². The minimum absolute atomic E-state index is 0.155. The maximum atomic E-state index is 6.71. The molecule has 46 heavy (non-hydrogen) atoms. The number of hydrogen-bond donors (Lipinski definition) is 0. The topological polar surface area (TPSA) is 102 Å². The Labute approximate surface area is 278 Å². The van der Waals surface area contributed by atoms with Gasteiger partial charge in [-0.1, -0.05) is 53.4 Å². The Kier molecular flexibility index (Phi) is 17.6. The maximum Gasteiger partial charge on any atom is 0.187 e. The van der Waals surface area contributed by atoms with Crippen LogP contribution in [0.1, 0.15) is 114 Å². The van der Waals surface area contributed by atoms with Crippen molar-refractivity contribution in [3.05, 3.63) is 0 Å². The van der Waals surface area contributed by atoms with Gasteiger partial charge >= 0.3 is 0 Å². The van der Waals surface area contributed by atoms with Crippen LogP contribution < -0.4 is 0 Å². The third kappa shape index (κ3) is 12.8. The lowest BCUT2D eigenvalue weighted by Gasteiger charge is -2.46. The first-order chi connectivity index (χ1) is 22.0. The van der Waals surface area contributed by atoms with Crippen molar-refractivity contribution in [1.29, 1.82) is 0 Å². The summed E-state index contributed by atoms with van der Waals surface area (Å²) in [5, 5.41) is 0. The van der Waals surface area contributed by atoms with Gasteiger partial charge in [0.2, 0.25) is 0 Å². The highest BCUT2D eigenvalue weighted by molar-refractivity contribution is 4.94.